The van der Waals surface area contributed by atoms with E-state index in [4.69, 9.17) is 21.9 Å². The molecule has 0 aromatic heterocycles. The minimum Gasteiger partial charge on any atom is -0.446 e. The molecule has 0 aliphatic carbocycles. The molecule has 3 heterocycles. The van der Waals surface area contributed by atoms with Crippen LogP contribution in [0.15, 0.2) is 0 Å². The molecule has 1 amide bonds. The van der Waals surface area contributed by atoms with Gasteiger partial charge in [0.15, 0.2) is 6.04 Å². The number of nitrogens with two attached hydrogens (primary N) is 3. The lowest BCUT2D eigenvalue weighted by Gasteiger charge is -2.40. The molecule has 1 saturated heterocycles. The number of rotatable bonds is 2. The van der Waals surface area contributed by atoms with Crippen LogP contribution in [0.2, 0.25) is 0 Å². The highest BCUT2D eigenvalue weighted by molar-refractivity contribution is 5.78. The van der Waals surface area contributed by atoms with Gasteiger partial charge >= 0.3 is 23.7 Å². The summed E-state index contributed by atoms with van der Waals surface area (Å²) in [5.41, 5.74) is 14.6. The average molecular weight is 333 g/mol. The second kappa shape index (κ2) is 4.35. The van der Waals surface area contributed by atoms with Crippen molar-refractivity contribution in [2.24, 2.45) is 17.2 Å². The van der Waals surface area contributed by atoms with Crippen molar-refractivity contribution in [2.45, 2.75) is 29.3 Å². The molecule has 23 heavy (non-hydrogen) atoms. The molecule has 1 fully saturated rings. The molecule has 1 spiro atoms. The second-order valence-corrected chi connectivity index (χ2v) is 5.77. The van der Waals surface area contributed by atoms with Crippen molar-refractivity contribution in [2.75, 3.05) is 13.2 Å². The Morgan fingerprint density at radius 2 is 2.04 bits per heavy atom. The van der Waals surface area contributed by atoms with Crippen molar-refractivity contribution in [3.8, 4) is 0 Å². The normalized spacial score (nSPS) is 36.4. The fourth-order valence-electron chi connectivity index (χ4n) is 3.41. The van der Waals surface area contributed by atoms with Crippen LogP contribution in [0.4, 0.5) is 4.79 Å². The summed E-state index contributed by atoms with van der Waals surface area (Å²) < 4.78 is 5.85. The molecule has 13 heteroatoms. The molecule has 128 valence electrons. The van der Waals surface area contributed by atoms with E-state index in [2.05, 4.69) is 15.6 Å². The Morgan fingerprint density at radius 3 is 2.65 bits per heavy atom. The van der Waals surface area contributed by atoms with E-state index in [0.29, 0.717) is 0 Å². The monoisotopic (exact) mass is 333 g/mol. The molecule has 0 aromatic carbocycles. The fourth-order valence-corrected chi connectivity index (χ4v) is 3.41. The third-order valence-corrected chi connectivity index (χ3v) is 4.41. The maximum Gasteiger partial charge on any atom is 0.404 e. The SMILES string of the molecule is NC(=O)OC[C@@H]1NC(N)=[N+]2CC(O)(O)C(O)(O)[C@@]23NC(N)=[NH+][C@@H]13. The van der Waals surface area contributed by atoms with Gasteiger partial charge in [-0.15, -0.1) is 0 Å². The number of aliphatic hydroxyl groups is 4. The Morgan fingerprint density at radius 1 is 1.39 bits per heavy atom. The number of nitrogens with zero attached hydrogens (tertiary/aromatic N) is 1. The summed E-state index contributed by atoms with van der Waals surface area (Å²) in [6.45, 7) is -0.890. The van der Waals surface area contributed by atoms with Crippen LogP contribution in [-0.4, -0.2) is 85.5 Å². The molecule has 3 atom stereocenters. The van der Waals surface area contributed by atoms with Crippen LogP contribution in [0.3, 0.4) is 0 Å². The quantitative estimate of drug-likeness (QED) is 0.169. The van der Waals surface area contributed by atoms with Gasteiger partial charge in [-0.05, 0) is 0 Å². The van der Waals surface area contributed by atoms with Gasteiger partial charge in [-0.25, -0.2) is 14.7 Å². The van der Waals surface area contributed by atoms with Crippen LogP contribution in [0.1, 0.15) is 0 Å². The molecular formula is C10H19N7O6+2. The summed E-state index contributed by atoms with van der Waals surface area (Å²) in [7, 11) is 0. The fraction of sp³-hybridized carbons (Fsp3) is 0.700. The van der Waals surface area contributed by atoms with Gasteiger partial charge in [0.05, 0.1) is 0 Å². The summed E-state index contributed by atoms with van der Waals surface area (Å²) in [5, 5.41) is 46.2. The van der Waals surface area contributed by atoms with E-state index in [1.54, 1.807) is 0 Å². The molecule has 13 nitrogen and oxygen atoms in total. The van der Waals surface area contributed by atoms with Crippen LogP contribution in [0, 0.1) is 0 Å². The zero-order chi connectivity index (χ0) is 17.2. The van der Waals surface area contributed by atoms with Crippen molar-refractivity contribution < 1.29 is 39.5 Å². The summed E-state index contributed by atoms with van der Waals surface area (Å²) >= 11 is 0. The Hall–Kier alpha value is -2.35. The summed E-state index contributed by atoms with van der Waals surface area (Å²) in [6, 6.07) is -1.75. The van der Waals surface area contributed by atoms with Gasteiger partial charge in [-0.1, -0.05) is 0 Å². The van der Waals surface area contributed by atoms with Gasteiger partial charge in [-0.2, -0.15) is 0 Å². The number of amides is 1. The molecule has 0 saturated carbocycles. The first-order valence-electron chi connectivity index (χ1n) is 6.68. The topological polar surface area (TPSA) is 226 Å². The first-order chi connectivity index (χ1) is 10.5. The van der Waals surface area contributed by atoms with Gasteiger partial charge in [0.2, 0.25) is 0 Å². The zero-order valence-corrected chi connectivity index (χ0v) is 11.9. The highest BCUT2D eigenvalue weighted by atomic mass is 16.6. The number of nitrogens with one attached hydrogen (secondary N) is 3. The van der Waals surface area contributed by atoms with Gasteiger partial charge in [0.25, 0.3) is 11.6 Å². The van der Waals surface area contributed by atoms with Gasteiger partial charge in [0, 0.05) is 0 Å². The van der Waals surface area contributed by atoms with Gasteiger partial charge < -0.3 is 30.9 Å². The van der Waals surface area contributed by atoms with E-state index in [9.17, 15) is 25.2 Å². The third kappa shape index (κ3) is 1.78. The molecule has 0 bridgehead atoms. The Balaban J connectivity index is 2.09. The molecular weight excluding hydrogens is 314 g/mol. The lowest BCUT2D eigenvalue weighted by atomic mass is 9.85. The molecule has 0 aromatic rings. The van der Waals surface area contributed by atoms with E-state index >= 15 is 0 Å². The standard InChI is InChI=1S/C10H17N7O6/c11-5-15-4-3(1-23-7(13)18)14-6(12)17-2-8(19,20)10(21,22)9(4,17)16-5/h3-4,19-22H,1-2H2,(H7,11,12,13,14,15,16,18)/p+2/t3-,4-,9-/m0/s1. The minimum absolute atomic E-state index is 0.0502. The van der Waals surface area contributed by atoms with Gasteiger partial charge in [-0.3, -0.25) is 21.8 Å². The average Bonchev–Trinajstić information content (AvgIpc) is 2.85. The molecule has 3 aliphatic rings. The molecule has 0 radical (unpaired) electrons. The summed E-state index contributed by atoms with van der Waals surface area (Å²) in [5.74, 6) is -6.11. The van der Waals surface area contributed by atoms with Crippen LogP contribution in [0.5, 0.6) is 0 Å². The lowest BCUT2D eigenvalue weighted by molar-refractivity contribution is -0.674. The summed E-state index contributed by atoms with van der Waals surface area (Å²) in [4.78, 5) is 13.6. The summed E-state index contributed by atoms with van der Waals surface area (Å²) in [6.07, 6.45) is -1.03. The number of ether oxygens (including phenoxy) is 1. The molecule has 3 aliphatic heterocycles. The Labute approximate surface area is 129 Å². The number of primary amides is 1. The first-order valence-corrected chi connectivity index (χ1v) is 6.68. The third-order valence-electron chi connectivity index (χ3n) is 4.41. The van der Waals surface area contributed by atoms with Crippen molar-refractivity contribution in [1.82, 2.24) is 10.6 Å². The van der Waals surface area contributed by atoms with Crippen molar-refractivity contribution in [1.29, 1.82) is 0 Å². The highest BCUT2D eigenvalue weighted by Gasteiger charge is 2.82. The molecule has 3 rings (SSSR count). The number of hydrogen-bond acceptors (Lipinski definition) is 10. The molecule has 13 N–H and O–H groups in total. The van der Waals surface area contributed by atoms with Crippen molar-refractivity contribution in [3.63, 3.8) is 0 Å². The maximum absolute atomic E-state index is 10.8. The van der Waals surface area contributed by atoms with Crippen LogP contribution in [-0.2, 0) is 4.74 Å². The van der Waals surface area contributed by atoms with E-state index in [0.717, 1.165) is 4.58 Å². The minimum atomic E-state index is -3.06. The number of hydrogen-bond donors (Lipinski definition) is 10. The van der Waals surface area contributed by atoms with Crippen LogP contribution < -0.4 is 32.8 Å². The predicted molar refractivity (Wildman–Crippen MR) is 70.9 cm³/mol. The number of carbonyl (C=O) groups is 1. The lowest BCUT2D eigenvalue weighted by Crippen LogP contribution is -2.92. The predicted octanol–water partition coefficient (Wildman–Crippen LogP) is -8.18. The second-order valence-electron chi connectivity index (χ2n) is 5.77. The molecule has 0 unspecified atom stereocenters. The van der Waals surface area contributed by atoms with E-state index in [1.165, 1.54) is 0 Å². The van der Waals surface area contributed by atoms with Crippen molar-refractivity contribution in [3.05, 3.63) is 0 Å². The number of guanidine groups is 2. The smallest absolute Gasteiger partial charge is 0.404 e. The van der Waals surface area contributed by atoms with E-state index in [1.807, 2.05) is 0 Å². The highest BCUT2D eigenvalue weighted by Crippen LogP contribution is 2.41. The van der Waals surface area contributed by atoms with E-state index < -0.39 is 42.0 Å². The van der Waals surface area contributed by atoms with Crippen LogP contribution in [0.25, 0.3) is 0 Å². The number of carbonyl (C=O) groups excluding carboxylic acids is 1. The van der Waals surface area contributed by atoms with E-state index in [-0.39, 0.29) is 18.5 Å². The maximum atomic E-state index is 10.8. The zero-order valence-electron chi connectivity index (χ0n) is 11.9. The Kier molecular flexibility index (Phi) is 2.94. The van der Waals surface area contributed by atoms with Gasteiger partial charge in [0.1, 0.15) is 19.2 Å². The van der Waals surface area contributed by atoms with Crippen LogP contribution >= 0.6 is 0 Å². The Bertz CT molecular complexity index is 631. The first kappa shape index (κ1) is 15.5. The largest absolute Gasteiger partial charge is 0.446 e. The van der Waals surface area contributed by atoms with Crippen molar-refractivity contribution >= 4 is 18.0 Å².